The summed E-state index contributed by atoms with van der Waals surface area (Å²) < 4.78 is 11.1. The van der Waals surface area contributed by atoms with Gasteiger partial charge in [0.15, 0.2) is 0 Å². The Bertz CT molecular complexity index is 414. The van der Waals surface area contributed by atoms with Crippen molar-refractivity contribution in [1.82, 2.24) is 0 Å². The number of carbonyl (C=O) groups is 1. The van der Waals surface area contributed by atoms with Gasteiger partial charge in [-0.05, 0) is 37.3 Å². The van der Waals surface area contributed by atoms with Crippen LogP contribution in [-0.2, 0) is 9.53 Å². The van der Waals surface area contributed by atoms with Crippen LogP contribution in [0.3, 0.4) is 0 Å². The summed E-state index contributed by atoms with van der Waals surface area (Å²) in [6, 6.07) is 8.06. The van der Waals surface area contributed by atoms with Gasteiger partial charge in [-0.3, -0.25) is 4.79 Å². The Kier molecular flexibility index (Phi) is 7.13. The zero-order valence-electron chi connectivity index (χ0n) is 13.0. The molecule has 0 N–H and O–H groups in total. The number of esters is 1. The molecule has 0 aliphatic rings. The van der Waals surface area contributed by atoms with Crippen LogP contribution in [-0.4, -0.2) is 18.7 Å². The van der Waals surface area contributed by atoms with E-state index in [0.717, 1.165) is 18.6 Å². The third-order valence-corrected chi connectivity index (χ3v) is 3.32. The van der Waals surface area contributed by atoms with E-state index in [9.17, 15) is 4.79 Å². The molecule has 3 heteroatoms. The smallest absolute Gasteiger partial charge is 0.306 e. The van der Waals surface area contributed by atoms with E-state index in [1.54, 1.807) is 0 Å². The number of ether oxygens (including phenoxy) is 2. The van der Waals surface area contributed by atoms with Crippen LogP contribution < -0.4 is 4.74 Å². The number of hydrogen-bond acceptors (Lipinski definition) is 3. The van der Waals surface area contributed by atoms with Crippen molar-refractivity contribution < 1.29 is 14.3 Å². The van der Waals surface area contributed by atoms with E-state index >= 15 is 0 Å². The third kappa shape index (κ3) is 5.24. The second kappa shape index (κ2) is 8.62. The minimum Gasteiger partial charge on any atom is -0.489 e. The summed E-state index contributed by atoms with van der Waals surface area (Å²) in [6.45, 7) is 8.57. The fraction of sp³-hybridized carbons (Fsp3) is 0.588. The summed E-state index contributed by atoms with van der Waals surface area (Å²) in [6.07, 6.45) is 2.12. The molecule has 0 aromatic heterocycles. The van der Waals surface area contributed by atoms with Crippen LogP contribution in [0.4, 0.5) is 0 Å². The highest BCUT2D eigenvalue weighted by atomic mass is 16.6. The Labute approximate surface area is 122 Å². The maximum absolute atomic E-state index is 11.4. The van der Waals surface area contributed by atoms with Crippen molar-refractivity contribution in [2.75, 3.05) is 6.61 Å². The van der Waals surface area contributed by atoms with Crippen LogP contribution >= 0.6 is 0 Å². The lowest BCUT2D eigenvalue weighted by molar-refractivity contribution is -0.149. The van der Waals surface area contributed by atoms with Gasteiger partial charge in [-0.15, -0.1) is 0 Å². The molecule has 1 rings (SSSR count). The molecule has 0 saturated heterocycles. The van der Waals surface area contributed by atoms with Crippen LogP contribution in [0.25, 0.3) is 0 Å². The summed E-state index contributed by atoms with van der Waals surface area (Å²) in [7, 11) is 0. The van der Waals surface area contributed by atoms with Crippen LogP contribution in [0.15, 0.2) is 24.3 Å². The SMILES string of the molecule is CCCC(=O)OC(C)COc1ccccc1C(C)CC. The molecule has 1 aromatic carbocycles. The van der Waals surface area contributed by atoms with Crippen molar-refractivity contribution in [2.45, 2.75) is 59.0 Å². The summed E-state index contributed by atoms with van der Waals surface area (Å²) in [5.41, 5.74) is 1.21. The standard InChI is InChI=1S/C17H26O3/c1-5-9-17(18)20-14(4)12-19-16-11-8-7-10-15(16)13(3)6-2/h7-8,10-11,13-14H,5-6,9,12H2,1-4H3. The normalized spacial score (nSPS) is 13.6. The van der Waals surface area contributed by atoms with Crippen molar-refractivity contribution in [3.63, 3.8) is 0 Å². The highest BCUT2D eigenvalue weighted by Gasteiger charge is 2.13. The minimum absolute atomic E-state index is 0.154. The molecule has 20 heavy (non-hydrogen) atoms. The van der Waals surface area contributed by atoms with Gasteiger partial charge < -0.3 is 9.47 Å². The molecule has 0 fully saturated rings. The molecule has 2 unspecified atom stereocenters. The first-order valence-electron chi connectivity index (χ1n) is 7.49. The van der Waals surface area contributed by atoms with Crippen LogP contribution in [0.5, 0.6) is 5.75 Å². The number of benzene rings is 1. The maximum atomic E-state index is 11.4. The summed E-state index contributed by atoms with van der Waals surface area (Å²) in [5.74, 6) is 1.20. The van der Waals surface area contributed by atoms with Crippen molar-refractivity contribution in [1.29, 1.82) is 0 Å². The Balaban J connectivity index is 2.55. The average molecular weight is 278 g/mol. The largest absolute Gasteiger partial charge is 0.489 e. The predicted octanol–water partition coefficient (Wildman–Crippen LogP) is 4.31. The Morgan fingerprint density at radius 1 is 1.20 bits per heavy atom. The first-order chi connectivity index (χ1) is 9.58. The van der Waals surface area contributed by atoms with E-state index in [1.807, 2.05) is 32.0 Å². The molecule has 112 valence electrons. The highest BCUT2D eigenvalue weighted by Crippen LogP contribution is 2.28. The molecule has 0 bridgehead atoms. The molecular weight excluding hydrogens is 252 g/mol. The summed E-state index contributed by atoms with van der Waals surface area (Å²) in [5, 5.41) is 0. The van der Waals surface area contributed by atoms with Crippen LogP contribution in [0, 0.1) is 0 Å². The van der Waals surface area contributed by atoms with Crippen LogP contribution in [0.1, 0.15) is 58.4 Å². The van der Waals surface area contributed by atoms with Crippen LogP contribution in [0.2, 0.25) is 0 Å². The van der Waals surface area contributed by atoms with Gasteiger partial charge in [-0.2, -0.15) is 0 Å². The molecule has 0 heterocycles. The molecule has 0 aliphatic carbocycles. The third-order valence-electron chi connectivity index (χ3n) is 3.32. The second-order valence-electron chi connectivity index (χ2n) is 5.21. The van der Waals surface area contributed by atoms with Gasteiger partial charge in [0.05, 0.1) is 0 Å². The zero-order valence-corrected chi connectivity index (χ0v) is 13.0. The first kappa shape index (κ1) is 16.5. The van der Waals surface area contributed by atoms with E-state index in [4.69, 9.17) is 9.47 Å². The molecule has 0 amide bonds. The van der Waals surface area contributed by atoms with E-state index < -0.39 is 0 Å². The average Bonchev–Trinajstić information content (AvgIpc) is 2.44. The monoisotopic (exact) mass is 278 g/mol. The number of carbonyl (C=O) groups excluding carboxylic acids is 1. The van der Waals surface area contributed by atoms with E-state index in [-0.39, 0.29) is 12.1 Å². The van der Waals surface area contributed by atoms with E-state index in [0.29, 0.717) is 18.9 Å². The molecular formula is C17H26O3. The van der Waals surface area contributed by atoms with Crippen molar-refractivity contribution in [3.05, 3.63) is 29.8 Å². The molecule has 0 radical (unpaired) electrons. The van der Waals surface area contributed by atoms with Crippen molar-refractivity contribution >= 4 is 5.97 Å². The fourth-order valence-corrected chi connectivity index (χ4v) is 1.97. The lowest BCUT2D eigenvalue weighted by Gasteiger charge is -2.18. The highest BCUT2D eigenvalue weighted by molar-refractivity contribution is 5.69. The molecule has 3 nitrogen and oxygen atoms in total. The first-order valence-corrected chi connectivity index (χ1v) is 7.49. The van der Waals surface area contributed by atoms with Gasteiger partial charge in [-0.25, -0.2) is 0 Å². The number of hydrogen-bond donors (Lipinski definition) is 0. The summed E-state index contributed by atoms with van der Waals surface area (Å²) >= 11 is 0. The van der Waals surface area contributed by atoms with Gasteiger partial charge >= 0.3 is 5.97 Å². The Morgan fingerprint density at radius 2 is 1.90 bits per heavy atom. The Morgan fingerprint density at radius 3 is 2.55 bits per heavy atom. The van der Waals surface area contributed by atoms with E-state index in [2.05, 4.69) is 19.9 Å². The number of para-hydroxylation sites is 1. The fourth-order valence-electron chi connectivity index (χ4n) is 1.97. The maximum Gasteiger partial charge on any atom is 0.306 e. The van der Waals surface area contributed by atoms with Gasteiger partial charge in [0.1, 0.15) is 18.5 Å². The van der Waals surface area contributed by atoms with Gasteiger partial charge in [0.2, 0.25) is 0 Å². The quantitative estimate of drug-likeness (QED) is 0.665. The number of rotatable bonds is 8. The van der Waals surface area contributed by atoms with Gasteiger partial charge in [0.25, 0.3) is 0 Å². The molecule has 0 saturated carbocycles. The van der Waals surface area contributed by atoms with Crippen molar-refractivity contribution in [3.8, 4) is 5.75 Å². The second-order valence-corrected chi connectivity index (χ2v) is 5.21. The lowest BCUT2D eigenvalue weighted by Crippen LogP contribution is -2.22. The molecule has 0 aliphatic heterocycles. The predicted molar refractivity (Wildman–Crippen MR) is 81.1 cm³/mol. The van der Waals surface area contributed by atoms with Gasteiger partial charge in [-0.1, -0.05) is 39.0 Å². The molecule has 1 aromatic rings. The van der Waals surface area contributed by atoms with Gasteiger partial charge in [0, 0.05) is 6.42 Å². The zero-order chi connectivity index (χ0) is 15.0. The molecule has 2 atom stereocenters. The minimum atomic E-state index is -0.223. The summed E-state index contributed by atoms with van der Waals surface area (Å²) in [4.78, 5) is 11.4. The Hall–Kier alpha value is -1.51. The molecule has 0 spiro atoms. The van der Waals surface area contributed by atoms with Crippen molar-refractivity contribution in [2.24, 2.45) is 0 Å². The lowest BCUT2D eigenvalue weighted by atomic mass is 9.98. The van der Waals surface area contributed by atoms with E-state index in [1.165, 1.54) is 5.56 Å². The topological polar surface area (TPSA) is 35.5 Å².